The first-order valence-electron chi connectivity index (χ1n) is 16.8. The fourth-order valence-electron chi connectivity index (χ4n) is 8.63. The van der Waals surface area contributed by atoms with Gasteiger partial charge < -0.3 is 18.9 Å². The average molecular weight is 701 g/mol. The minimum absolute atomic E-state index is 0.0743. The van der Waals surface area contributed by atoms with Gasteiger partial charge in [-0.3, -0.25) is 24.0 Å². The first kappa shape index (κ1) is 36.4. The van der Waals surface area contributed by atoms with Gasteiger partial charge in [-0.1, -0.05) is 64.5 Å². The van der Waals surface area contributed by atoms with Crippen LogP contribution in [0.15, 0.2) is 54.1 Å². The lowest BCUT2D eigenvalue weighted by atomic mass is 9.46. The van der Waals surface area contributed by atoms with E-state index >= 15 is 9.18 Å². The number of esters is 4. The van der Waals surface area contributed by atoms with Crippen LogP contribution in [0.1, 0.15) is 96.3 Å². The maximum Gasteiger partial charge on any atom is 0.493 e. The van der Waals surface area contributed by atoms with E-state index in [9.17, 15) is 24.0 Å². The number of Topliss-reactive ketones (excluding diaryl/α,β-unsaturated/α-hetero) is 1. The molecule has 0 bridgehead atoms. The van der Waals surface area contributed by atoms with E-state index < -0.39 is 81.4 Å². The predicted molar refractivity (Wildman–Crippen MR) is 173 cm³/mol. The third kappa shape index (κ3) is 5.62. The van der Waals surface area contributed by atoms with Crippen LogP contribution in [0.2, 0.25) is 0 Å². The topological polar surface area (TPSA) is 139 Å². The van der Waals surface area contributed by atoms with Crippen LogP contribution in [-0.2, 0) is 42.9 Å². The minimum Gasteiger partial charge on any atom is -0.446 e. The van der Waals surface area contributed by atoms with Crippen molar-refractivity contribution in [3.05, 3.63) is 59.7 Å². The van der Waals surface area contributed by atoms with E-state index in [-0.39, 0.29) is 43.5 Å². The van der Waals surface area contributed by atoms with Gasteiger partial charge in [-0.25, -0.2) is 9.18 Å². The second-order valence-electron chi connectivity index (χ2n) is 13.7. The zero-order chi connectivity index (χ0) is 36.0. The largest absolute Gasteiger partial charge is 0.493 e. The highest BCUT2D eigenvalue weighted by molar-refractivity contribution is 6.26. The van der Waals surface area contributed by atoms with Gasteiger partial charge in [-0.15, -0.1) is 11.6 Å². The molecule has 1 unspecified atom stereocenters. The van der Waals surface area contributed by atoms with Gasteiger partial charge in [0.1, 0.15) is 6.17 Å². The number of allylic oxidation sites excluding steroid dienone is 4. The number of halogens is 2. The van der Waals surface area contributed by atoms with Crippen LogP contribution in [-0.4, -0.2) is 58.1 Å². The number of carbonyl (C=O) groups is 6. The molecule has 0 spiro atoms. The van der Waals surface area contributed by atoms with Crippen LogP contribution in [0.25, 0.3) is 0 Å². The molecule has 1 aromatic carbocycles. The van der Waals surface area contributed by atoms with Crippen LogP contribution in [0.5, 0.6) is 0 Å². The van der Waals surface area contributed by atoms with Crippen molar-refractivity contribution in [2.45, 2.75) is 109 Å². The van der Waals surface area contributed by atoms with Crippen molar-refractivity contribution in [2.24, 2.45) is 22.7 Å². The van der Waals surface area contributed by atoms with Crippen LogP contribution >= 0.6 is 11.6 Å². The predicted octanol–water partition coefficient (Wildman–Crippen LogP) is 6.28. The highest BCUT2D eigenvalue weighted by atomic mass is 35.5. The Morgan fingerprint density at radius 3 is 2.02 bits per heavy atom. The Bertz CT molecular complexity index is 1580. The third-order valence-electron chi connectivity index (χ3n) is 11.2. The second-order valence-corrected chi connectivity index (χ2v) is 14.3. The average Bonchev–Trinajstić information content (AvgIpc) is 3.36. The molecule has 0 radical (unpaired) electrons. The summed E-state index contributed by atoms with van der Waals surface area (Å²) in [6.45, 7) is 7.70. The van der Waals surface area contributed by atoms with Gasteiger partial charge in [-0.05, 0) is 68.2 Å². The van der Waals surface area contributed by atoms with Gasteiger partial charge in [0.15, 0.2) is 11.4 Å². The number of ketones is 2. The number of fused-ring (bicyclic) bond motifs is 5. The molecule has 3 saturated carbocycles. The third-order valence-corrected chi connectivity index (χ3v) is 12.2. The summed E-state index contributed by atoms with van der Waals surface area (Å²) in [5.74, 6) is -10.0. The molecule has 5 rings (SSSR count). The van der Waals surface area contributed by atoms with Crippen molar-refractivity contribution in [3.8, 4) is 0 Å². The van der Waals surface area contributed by atoms with Crippen molar-refractivity contribution in [3.63, 3.8) is 0 Å². The van der Waals surface area contributed by atoms with Crippen LogP contribution < -0.4 is 0 Å². The Balaban J connectivity index is 1.71. The number of alkyl halides is 2. The summed E-state index contributed by atoms with van der Waals surface area (Å²) in [5, 5.41) is 0. The van der Waals surface area contributed by atoms with Gasteiger partial charge in [0.25, 0.3) is 0 Å². The van der Waals surface area contributed by atoms with Gasteiger partial charge in [0.2, 0.25) is 0 Å². The summed E-state index contributed by atoms with van der Waals surface area (Å²) >= 11 is 7.47. The van der Waals surface area contributed by atoms with E-state index in [1.54, 1.807) is 31.2 Å². The molecule has 0 saturated heterocycles. The number of hydrogen-bond donors (Lipinski definition) is 0. The number of carbonyl (C=O) groups excluding carboxylic acids is 6. The highest BCUT2D eigenvalue weighted by Gasteiger charge is 2.78. The van der Waals surface area contributed by atoms with Crippen LogP contribution in [0.4, 0.5) is 4.39 Å². The normalized spacial score (nSPS) is 33.2. The van der Waals surface area contributed by atoms with Crippen LogP contribution in [0.3, 0.4) is 0 Å². The SMILES string of the molecule is CCC(=O)OC(OC(=O)CC)(OC(=O)CC)C(=O)[C@@]1(OC(=O)c2ccccc2)CC[C@H]2[C@@H]3CCC4=CC(=O)C=C[C@]4(C)[C@@]3(Cl)C(F)C[C@@]21C. The van der Waals surface area contributed by atoms with Crippen molar-refractivity contribution >= 4 is 47.0 Å². The summed E-state index contributed by atoms with van der Waals surface area (Å²) in [4.78, 5) is 78.7. The molecule has 264 valence electrons. The smallest absolute Gasteiger partial charge is 0.446 e. The summed E-state index contributed by atoms with van der Waals surface area (Å²) in [6, 6.07) is 7.83. The number of benzene rings is 1. The number of rotatable bonds is 10. The van der Waals surface area contributed by atoms with Crippen molar-refractivity contribution in [2.75, 3.05) is 0 Å². The molecule has 0 aromatic heterocycles. The summed E-state index contributed by atoms with van der Waals surface area (Å²) in [6.07, 6.45) is 2.24. The summed E-state index contributed by atoms with van der Waals surface area (Å²) in [7, 11) is 0. The Morgan fingerprint density at radius 1 is 0.898 bits per heavy atom. The standard InChI is InChI=1S/C37H42ClFO10/c1-6-28(41)46-37(47-29(42)7-2,48-30(43)8-3)32(45)35(49-31(44)22-12-10-9-11-13-22)19-17-25-26-15-14-23-20-24(40)16-18-33(23,4)36(26,38)27(39)21-34(25,35)5/h9-13,16,18,20,25-27H,6-8,14-15,17,19,21H2,1-5H3/t25-,26-,27?,33-,34-,35-,36-/m0/s1. The van der Waals surface area contributed by atoms with E-state index in [0.29, 0.717) is 12.8 Å². The molecule has 0 heterocycles. The maximum atomic E-state index is 17.3. The summed E-state index contributed by atoms with van der Waals surface area (Å²) < 4.78 is 39.9. The highest BCUT2D eigenvalue weighted by Crippen LogP contribution is 2.72. The maximum absolute atomic E-state index is 17.3. The Labute approximate surface area is 289 Å². The lowest BCUT2D eigenvalue weighted by Gasteiger charge is -2.63. The molecule has 49 heavy (non-hydrogen) atoms. The molecule has 7 atom stereocenters. The van der Waals surface area contributed by atoms with Gasteiger partial charge in [-0.2, -0.15) is 0 Å². The molecule has 0 amide bonds. The van der Waals surface area contributed by atoms with E-state index in [4.69, 9.17) is 30.5 Å². The first-order valence-corrected chi connectivity index (χ1v) is 17.2. The molecule has 0 N–H and O–H groups in total. The van der Waals surface area contributed by atoms with Gasteiger partial charge in [0, 0.05) is 30.1 Å². The van der Waals surface area contributed by atoms with Gasteiger partial charge >= 0.3 is 35.6 Å². The Kier molecular flexibility index (Phi) is 9.75. The second kappa shape index (κ2) is 13.1. The zero-order valence-corrected chi connectivity index (χ0v) is 29.1. The quantitative estimate of drug-likeness (QED) is 0.156. The number of hydrogen-bond acceptors (Lipinski definition) is 10. The fourth-order valence-corrected chi connectivity index (χ4v) is 9.15. The van der Waals surface area contributed by atoms with Crippen molar-refractivity contribution in [1.82, 2.24) is 0 Å². The molecule has 3 fully saturated rings. The van der Waals surface area contributed by atoms with E-state index in [1.165, 1.54) is 45.1 Å². The zero-order valence-electron chi connectivity index (χ0n) is 28.3. The molecule has 12 heteroatoms. The van der Waals surface area contributed by atoms with Crippen molar-refractivity contribution < 1.29 is 52.1 Å². The molecule has 4 aliphatic rings. The van der Waals surface area contributed by atoms with Crippen LogP contribution in [0, 0.1) is 22.7 Å². The number of ether oxygens (including phenoxy) is 4. The minimum atomic E-state index is -3.27. The molecule has 10 nitrogen and oxygen atoms in total. The molecular formula is C37H42ClFO10. The van der Waals surface area contributed by atoms with E-state index in [0.717, 1.165) is 5.57 Å². The molecule has 1 aromatic rings. The van der Waals surface area contributed by atoms with E-state index in [1.807, 2.05) is 6.92 Å². The van der Waals surface area contributed by atoms with Crippen molar-refractivity contribution in [1.29, 1.82) is 0 Å². The lowest BCUT2D eigenvalue weighted by molar-refractivity contribution is -0.319. The van der Waals surface area contributed by atoms with Gasteiger partial charge in [0.05, 0.1) is 10.4 Å². The summed E-state index contributed by atoms with van der Waals surface area (Å²) in [5.41, 5.74) is -4.11. The molecule has 0 aliphatic heterocycles. The molecular weight excluding hydrogens is 659 g/mol. The van der Waals surface area contributed by atoms with E-state index in [2.05, 4.69) is 0 Å². The molecule has 4 aliphatic carbocycles. The fraction of sp³-hybridized carbons (Fsp3) is 0.568. The monoisotopic (exact) mass is 700 g/mol. The Morgan fingerprint density at radius 2 is 1.47 bits per heavy atom. The Hall–Kier alpha value is -3.86. The first-order chi connectivity index (χ1) is 23.1. The lowest BCUT2D eigenvalue weighted by Crippen LogP contribution is -2.70.